The summed E-state index contributed by atoms with van der Waals surface area (Å²) in [7, 11) is 0. The topological polar surface area (TPSA) is 73.1 Å². The SMILES string of the molecule is CC(C)(C)c1nc(NN)cc(SC2COC2)n1. The molecule has 0 bridgehead atoms. The standard InChI is InChI=1S/C11H18N4OS/c1-11(2,3)10-13-8(15-12)4-9(14-10)17-7-5-16-6-7/h4,7H,5-6,12H2,1-3H3,(H,13,14,15). The Morgan fingerprint density at radius 1 is 1.41 bits per heavy atom. The van der Waals surface area contributed by atoms with Gasteiger partial charge < -0.3 is 10.2 Å². The van der Waals surface area contributed by atoms with Gasteiger partial charge in [0.05, 0.1) is 18.5 Å². The van der Waals surface area contributed by atoms with E-state index in [-0.39, 0.29) is 5.41 Å². The Kier molecular flexibility index (Phi) is 3.56. The number of rotatable bonds is 3. The molecule has 0 spiro atoms. The molecule has 1 aromatic heterocycles. The lowest BCUT2D eigenvalue weighted by atomic mass is 9.96. The van der Waals surface area contributed by atoms with Crippen LogP contribution in [0.3, 0.4) is 0 Å². The van der Waals surface area contributed by atoms with E-state index in [1.54, 1.807) is 11.8 Å². The zero-order valence-electron chi connectivity index (χ0n) is 10.4. The Hall–Kier alpha value is -0.850. The third-order valence-electron chi connectivity index (χ3n) is 2.42. The van der Waals surface area contributed by atoms with E-state index < -0.39 is 0 Å². The lowest BCUT2D eigenvalue weighted by molar-refractivity contribution is 0.0454. The van der Waals surface area contributed by atoms with Gasteiger partial charge in [-0.15, -0.1) is 0 Å². The van der Waals surface area contributed by atoms with Crippen LogP contribution in [-0.2, 0) is 10.2 Å². The van der Waals surface area contributed by atoms with Gasteiger partial charge in [-0.3, -0.25) is 0 Å². The number of thioether (sulfide) groups is 1. The van der Waals surface area contributed by atoms with E-state index in [1.165, 1.54) is 0 Å². The molecular formula is C11H18N4OS. The number of hydrazine groups is 1. The second-order valence-electron chi connectivity index (χ2n) is 5.09. The first-order chi connectivity index (χ1) is 7.99. The summed E-state index contributed by atoms with van der Waals surface area (Å²) in [6.45, 7) is 7.85. The number of anilines is 1. The molecule has 0 amide bonds. The van der Waals surface area contributed by atoms with Crippen molar-refractivity contribution in [1.29, 1.82) is 0 Å². The Balaban J connectivity index is 2.24. The highest BCUT2D eigenvalue weighted by Gasteiger charge is 2.23. The minimum atomic E-state index is -0.0850. The van der Waals surface area contributed by atoms with E-state index in [9.17, 15) is 0 Å². The van der Waals surface area contributed by atoms with Crippen molar-refractivity contribution in [1.82, 2.24) is 9.97 Å². The van der Waals surface area contributed by atoms with Gasteiger partial charge in [0.25, 0.3) is 0 Å². The Morgan fingerprint density at radius 3 is 2.59 bits per heavy atom. The number of aromatic nitrogens is 2. The van der Waals surface area contributed by atoms with E-state index in [2.05, 4.69) is 36.2 Å². The van der Waals surface area contributed by atoms with Crippen LogP contribution in [0.2, 0.25) is 0 Å². The van der Waals surface area contributed by atoms with Crippen molar-refractivity contribution in [3.63, 3.8) is 0 Å². The van der Waals surface area contributed by atoms with Crippen molar-refractivity contribution < 1.29 is 4.74 Å². The van der Waals surface area contributed by atoms with Crippen molar-refractivity contribution in [3.8, 4) is 0 Å². The van der Waals surface area contributed by atoms with Crippen LogP contribution in [0.5, 0.6) is 0 Å². The van der Waals surface area contributed by atoms with Gasteiger partial charge in [0, 0.05) is 11.5 Å². The molecule has 0 radical (unpaired) electrons. The first-order valence-electron chi connectivity index (χ1n) is 5.59. The molecule has 5 nitrogen and oxygen atoms in total. The van der Waals surface area contributed by atoms with Gasteiger partial charge in [0.2, 0.25) is 0 Å². The summed E-state index contributed by atoms with van der Waals surface area (Å²) >= 11 is 1.72. The van der Waals surface area contributed by atoms with E-state index in [0.717, 1.165) is 24.1 Å². The zero-order valence-corrected chi connectivity index (χ0v) is 11.2. The molecule has 1 aromatic rings. The van der Waals surface area contributed by atoms with Crippen LogP contribution in [0, 0.1) is 0 Å². The highest BCUT2D eigenvalue weighted by molar-refractivity contribution is 8.00. The van der Waals surface area contributed by atoms with Gasteiger partial charge >= 0.3 is 0 Å². The molecule has 2 heterocycles. The second kappa shape index (κ2) is 4.80. The maximum atomic E-state index is 5.43. The molecule has 94 valence electrons. The van der Waals surface area contributed by atoms with Crippen molar-refractivity contribution >= 4 is 17.6 Å². The third kappa shape index (κ3) is 3.08. The maximum absolute atomic E-state index is 5.43. The van der Waals surface area contributed by atoms with Crippen LogP contribution < -0.4 is 11.3 Å². The summed E-state index contributed by atoms with van der Waals surface area (Å²) in [6, 6.07) is 1.87. The second-order valence-corrected chi connectivity index (χ2v) is 6.41. The van der Waals surface area contributed by atoms with E-state index in [1.807, 2.05) is 6.07 Å². The van der Waals surface area contributed by atoms with Crippen molar-refractivity contribution in [2.75, 3.05) is 18.6 Å². The van der Waals surface area contributed by atoms with Gasteiger partial charge in [-0.25, -0.2) is 15.8 Å². The maximum Gasteiger partial charge on any atom is 0.144 e. The Labute approximate surface area is 106 Å². The molecule has 0 aliphatic carbocycles. The lowest BCUT2D eigenvalue weighted by Crippen LogP contribution is -2.30. The molecule has 0 saturated carbocycles. The first kappa shape index (κ1) is 12.6. The number of hydrogen-bond donors (Lipinski definition) is 2. The fourth-order valence-electron chi connectivity index (χ4n) is 1.35. The molecule has 1 fully saturated rings. The molecule has 1 saturated heterocycles. The highest BCUT2D eigenvalue weighted by atomic mass is 32.2. The van der Waals surface area contributed by atoms with Crippen molar-refractivity contribution in [2.45, 2.75) is 36.5 Å². The van der Waals surface area contributed by atoms with Crippen LogP contribution in [-0.4, -0.2) is 28.4 Å². The molecule has 1 aliphatic rings. The van der Waals surface area contributed by atoms with Gasteiger partial charge in [-0.1, -0.05) is 32.5 Å². The zero-order chi connectivity index (χ0) is 12.5. The fourth-order valence-corrected chi connectivity index (χ4v) is 2.34. The van der Waals surface area contributed by atoms with Gasteiger partial charge in [-0.2, -0.15) is 0 Å². The minimum Gasteiger partial charge on any atom is -0.379 e. The number of nitrogens with zero attached hydrogens (tertiary/aromatic N) is 2. The summed E-state index contributed by atoms with van der Waals surface area (Å²) in [6.07, 6.45) is 0. The van der Waals surface area contributed by atoms with E-state index >= 15 is 0 Å². The summed E-state index contributed by atoms with van der Waals surface area (Å²) in [5, 5.41) is 1.45. The van der Waals surface area contributed by atoms with E-state index in [0.29, 0.717) is 11.1 Å². The van der Waals surface area contributed by atoms with Crippen molar-refractivity contribution in [3.05, 3.63) is 11.9 Å². The monoisotopic (exact) mass is 254 g/mol. The normalized spacial score (nSPS) is 16.7. The molecule has 17 heavy (non-hydrogen) atoms. The number of nitrogen functional groups attached to an aromatic ring is 1. The molecular weight excluding hydrogens is 236 g/mol. The summed E-state index contributed by atoms with van der Waals surface area (Å²) in [5.74, 6) is 6.90. The molecule has 6 heteroatoms. The quantitative estimate of drug-likeness (QED) is 0.484. The molecule has 1 aliphatic heterocycles. The predicted molar refractivity (Wildman–Crippen MR) is 69.0 cm³/mol. The summed E-state index contributed by atoms with van der Waals surface area (Å²) in [5.41, 5.74) is 2.51. The minimum absolute atomic E-state index is 0.0850. The number of nitrogens with one attached hydrogen (secondary N) is 1. The molecule has 0 atom stereocenters. The smallest absolute Gasteiger partial charge is 0.144 e. The number of hydrogen-bond acceptors (Lipinski definition) is 6. The molecule has 3 N–H and O–H groups in total. The van der Waals surface area contributed by atoms with Crippen LogP contribution in [0.1, 0.15) is 26.6 Å². The highest BCUT2D eigenvalue weighted by Crippen LogP contribution is 2.29. The predicted octanol–water partition coefficient (Wildman–Crippen LogP) is 1.55. The lowest BCUT2D eigenvalue weighted by Gasteiger charge is -2.25. The van der Waals surface area contributed by atoms with Gasteiger partial charge in [0.15, 0.2) is 0 Å². The number of nitrogens with two attached hydrogens (primary N) is 1. The molecule has 0 aromatic carbocycles. The number of ether oxygens (including phenoxy) is 1. The van der Waals surface area contributed by atoms with Crippen molar-refractivity contribution in [2.24, 2.45) is 5.84 Å². The third-order valence-corrected chi connectivity index (χ3v) is 3.47. The van der Waals surface area contributed by atoms with E-state index in [4.69, 9.17) is 10.6 Å². The average molecular weight is 254 g/mol. The molecule has 0 unspecified atom stereocenters. The largest absolute Gasteiger partial charge is 0.379 e. The molecule has 2 rings (SSSR count). The summed E-state index contributed by atoms with van der Waals surface area (Å²) in [4.78, 5) is 8.96. The van der Waals surface area contributed by atoms with Crippen LogP contribution in [0.25, 0.3) is 0 Å². The van der Waals surface area contributed by atoms with Gasteiger partial charge in [0.1, 0.15) is 16.7 Å². The average Bonchev–Trinajstić information content (AvgIpc) is 2.22. The summed E-state index contributed by atoms with van der Waals surface area (Å²) < 4.78 is 5.16. The Bertz CT molecular complexity index is 401. The first-order valence-corrected chi connectivity index (χ1v) is 6.47. The van der Waals surface area contributed by atoms with Crippen LogP contribution in [0.4, 0.5) is 5.82 Å². The fraction of sp³-hybridized carbons (Fsp3) is 0.636. The van der Waals surface area contributed by atoms with Gasteiger partial charge in [-0.05, 0) is 0 Å². The van der Waals surface area contributed by atoms with Crippen LogP contribution >= 0.6 is 11.8 Å². The Morgan fingerprint density at radius 2 is 2.12 bits per heavy atom. The van der Waals surface area contributed by atoms with Crippen LogP contribution in [0.15, 0.2) is 11.1 Å².